The van der Waals surface area contributed by atoms with Gasteiger partial charge in [-0.3, -0.25) is 9.78 Å². The number of aromatic nitrogens is 2. The molecule has 8 nitrogen and oxygen atoms in total. The average molecular weight is 414 g/mol. The number of anilines is 1. The van der Waals surface area contributed by atoms with Crippen molar-refractivity contribution >= 4 is 27.3 Å². The summed E-state index contributed by atoms with van der Waals surface area (Å²) < 4.78 is 24.8. The zero-order valence-corrected chi connectivity index (χ0v) is 16.6. The summed E-state index contributed by atoms with van der Waals surface area (Å²) in [6.07, 6.45) is 9.76. The maximum Gasteiger partial charge on any atom is 0.279 e. The van der Waals surface area contributed by atoms with Crippen LogP contribution < -0.4 is 5.32 Å². The average Bonchev–Trinajstić information content (AvgIpc) is 3.47. The Labute approximate surface area is 169 Å². The van der Waals surface area contributed by atoms with Gasteiger partial charge in [-0.25, -0.2) is 13.4 Å². The third kappa shape index (κ3) is 4.61. The summed E-state index contributed by atoms with van der Waals surface area (Å²) in [5.41, 5.74) is 0.539. The van der Waals surface area contributed by atoms with E-state index in [-0.39, 0.29) is 22.0 Å². The summed E-state index contributed by atoms with van der Waals surface area (Å²) in [5.74, 6) is -0.208. The molecule has 2 aliphatic carbocycles. The number of nitrogens with one attached hydrogen (secondary N) is 1. The van der Waals surface area contributed by atoms with Gasteiger partial charge in [0.1, 0.15) is 6.10 Å². The molecule has 1 aromatic carbocycles. The topological polar surface area (TPSA) is 111 Å². The first-order valence-electron chi connectivity index (χ1n) is 9.69. The lowest BCUT2D eigenvalue weighted by molar-refractivity contribution is -0.110. The Morgan fingerprint density at radius 3 is 2.41 bits per heavy atom. The third-order valence-corrected chi connectivity index (χ3v) is 7.31. The maximum absolute atomic E-state index is 12.8. The second kappa shape index (κ2) is 8.28. The molecule has 152 valence electrons. The Kier molecular flexibility index (Phi) is 5.57. The highest BCUT2D eigenvalue weighted by atomic mass is 32.2. The fourth-order valence-electron chi connectivity index (χ4n) is 3.26. The SMILES string of the molecule is O=C(Nc1cnccn1)/C(=N/OC1CCCC1)c1ccc(S(=O)(=O)C2CC2)cc1. The largest absolute Gasteiger partial charge is 0.392 e. The van der Waals surface area contributed by atoms with Crippen molar-refractivity contribution < 1.29 is 18.0 Å². The standard InChI is InChI=1S/C20H22N4O4S/c25-20(23-18-13-21-11-12-22-18)19(24-28-15-3-1-2-4-15)14-5-7-16(8-6-14)29(26,27)17-9-10-17/h5-8,11-13,15,17H,1-4,9-10H2,(H,22,23,25)/b24-19+. The predicted molar refractivity (Wildman–Crippen MR) is 107 cm³/mol. The van der Waals surface area contributed by atoms with Gasteiger partial charge in [-0.05, 0) is 50.7 Å². The Morgan fingerprint density at radius 1 is 1.07 bits per heavy atom. The van der Waals surface area contributed by atoms with E-state index in [0.29, 0.717) is 24.2 Å². The van der Waals surface area contributed by atoms with Gasteiger partial charge in [0, 0.05) is 18.0 Å². The van der Waals surface area contributed by atoms with Gasteiger partial charge in [0.05, 0.1) is 16.3 Å². The van der Waals surface area contributed by atoms with Gasteiger partial charge in [-0.1, -0.05) is 17.3 Å². The van der Waals surface area contributed by atoms with Crippen LogP contribution in [0, 0.1) is 0 Å². The number of carbonyl (C=O) groups is 1. The van der Waals surface area contributed by atoms with Gasteiger partial charge in [0.2, 0.25) is 0 Å². The molecule has 4 rings (SSSR count). The number of hydrogen-bond donors (Lipinski definition) is 1. The van der Waals surface area contributed by atoms with Gasteiger partial charge in [0.25, 0.3) is 5.91 Å². The van der Waals surface area contributed by atoms with Crippen molar-refractivity contribution in [1.29, 1.82) is 0 Å². The van der Waals surface area contributed by atoms with E-state index in [1.54, 1.807) is 12.1 Å². The maximum atomic E-state index is 12.8. The van der Waals surface area contributed by atoms with E-state index < -0.39 is 15.7 Å². The van der Waals surface area contributed by atoms with Gasteiger partial charge in [-0.2, -0.15) is 0 Å². The highest BCUT2D eigenvalue weighted by Crippen LogP contribution is 2.33. The van der Waals surface area contributed by atoms with Crippen LogP contribution in [0.2, 0.25) is 0 Å². The molecule has 0 radical (unpaired) electrons. The smallest absolute Gasteiger partial charge is 0.279 e. The lowest BCUT2D eigenvalue weighted by atomic mass is 10.1. The minimum atomic E-state index is -3.29. The second-order valence-corrected chi connectivity index (χ2v) is 9.49. The fourth-order valence-corrected chi connectivity index (χ4v) is 4.92. The quantitative estimate of drug-likeness (QED) is 0.551. The van der Waals surface area contributed by atoms with Crippen LogP contribution in [0.15, 0.2) is 52.9 Å². The molecule has 29 heavy (non-hydrogen) atoms. The van der Waals surface area contributed by atoms with Gasteiger partial charge in [0.15, 0.2) is 21.4 Å². The third-order valence-electron chi connectivity index (χ3n) is 5.03. The molecule has 1 heterocycles. The summed E-state index contributed by atoms with van der Waals surface area (Å²) in [6.45, 7) is 0. The summed E-state index contributed by atoms with van der Waals surface area (Å²) in [5, 5.41) is 6.48. The predicted octanol–water partition coefficient (Wildman–Crippen LogP) is 2.71. The minimum Gasteiger partial charge on any atom is -0.392 e. The monoisotopic (exact) mass is 414 g/mol. The molecule has 2 saturated carbocycles. The Bertz CT molecular complexity index is 997. The summed E-state index contributed by atoms with van der Waals surface area (Å²) >= 11 is 0. The molecular formula is C20H22N4O4S. The van der Waals surface area contributed by atoms with E-state index in [1.807, 2.05) is 0 Å². The van der Waals surface area contributed by atoms with Gasteiger partial charge in [-0.15, -0.1) is 0 Å². The van der Waals surface area contributed by atoms with E-state index >= 15 is 0 Å². The first-order valence-corrected chi connectivity index (χ1v) is 11.2. The number of sulfone groups is 1. The highest BCUT2D eigenvalue weighted by Gasteiger charge is 2.36. The zero-order valence-electron chi connectivity index (χ0n) is 15.8. The number of rotatable bonds is 7. The second-order valence-electron chi connectivity index (χ2n) is 7.27. The van der Waals surface area contributed by atoms with Gasteiger partial charge >= 0.3 is 0 Å². The Hall–Kier alpha value is -2.81. The van der Waals surface area contributed by atoms with Crippen LogP contribution >= 0.6 is 0 Å². The number of amides is 1. The van der Waals surface area contributed by atoms with Crippen molar-refractivity contribution in [3.05, 3.63) is 48.4 Å². The van der Waals surface area contributed by atoms with Crippen LogP contribution in [0.5, 0.6) is 0 Å². The highest BCUT2D eigenvalue weighted by molar-refractivity contribution is 7.92. The minimum absolute atomic E-state index is 0.0103. The van der Waals surface area contributed by atoms with Crippen LogP contribution in [0.3, 0.4) is 0 Å². The molecular weight excluding hydrogens is 392 g/mol. The molecule has 0 unspecified atom stereocenters. The number of hydrogen-bond acceptors (Lipinski definition) is 7. The molecule has 2 fully saturated rings. The molecule has 1 N–H and O–H groups in total. The van der Waals surface area contributed by atoms with E-state index in [2.05, 4.69) is 20.4 Å². The van der Waals surface area contributed by atoms with Crippen molar-refractivity contribution in [2.24, 2.45) is 5.16 Å². The molecule has 1 aromatic heterocycles. The zero-order chi connectivity index (χ0) is 20.3. The molecule has 1 amide bonds. The number of carbonyl (C=O) groups excluding carboxylic acids is 1. The molecule has 2 aromatic rings. The molecule has 2 aliphatic rings. The molecule has 0 aliphatic heterocycles. The van der Waals surface area contributed by atoms with Crippen molar-refractivity contribution in [2.75, 3.05) is 5.32 Å². The van der Waals surface area contributed by atoms with Crippen LogP contribution in [0.4, 0.5) is 5.82 Å². The van der Waals surface area contributed by atoms with E-state index in [0.717, 1.165) is 25.7 Å². The van der Waals surface area contributed by atoms with E-state index in [4.69, 9.17) is 4.84 Å². The van der Waals surface area contributed by atoms with Crippen molar-refractivity contribution in [1.82, 2.24) is 9.97 Å². The van der Waals surface area contributed by atoms with Gasteiger partial charge < -0.3 is 10.2 Å². The molecule has 9 heteroatoms. The summed E-state index contributed by atoms with van der Waals surface area (Å²) in [4.78, 5) is 26.6. The lowest BCUT2D eigenvalue weighted by Gasteiger charge is -2.11. The summed E-state index contributed by atoms with van der Waals surface area (Å²) in [6, 6.07) is 6.21. The number of nitrogens with zero attached hydrogens (tertiary/aromatic N) is 3. The first kappa shape index (κ1) is 19.5. The molecule has 0 atom stereocenters. The van der Waals surface area contributed by atoms with Crippen LogP contribution in [-0.2, 0) is 19.5 Å². The normalized spacial score (nSPS) is 17.9. The summed E-state index contributed by atoms with van der Waals surface area (Å²) in [7, 11) is -3.29. The lowest BCUT2D eigenvalue weighted by Crippen LogP contribution is -2.25. The van der Waals surface area contributed by atoms with Crippen LogP contribution in [-0.4, -0.2) is 41.4 Å². The van der Waals surface area contributed by atoms with E-state index in [1.165, 1.54) is 30.7 Å². The molecule has 0 saturated heterocycles. The van der Waals surface area contributed by atoms with Crippen molar-refractivity contribution in [3.63, 3.8) is 0 Å². The fraction of sp³-hybridized carbons (Fsp3) is 0.400. The number of benzene rings is 1. The molecule has 0 bridgehead atoms. The first-order chi connectivity index (χ1) is 14.0. The van der Waals surface area contributed by atoms with Crippen LogP contribution in [0.1, 0.15) is 44.1 Å². The number of oxime groups is 1. The van der Waals surface area contributed by atoms with Crippen molar-refractivity contribution in [2.45, 2.75) is 54.8 Å². The van der Waals surface area contributed by atoms with Crippen molar-refractivity contribution in [3.8, 4) is 0 Å². The molecule has 0 spiro atoms. The Balaban J connectivity index is 1.58. The van der Waals surface area contributed by atoms with E-state index in [9.17, 15) is 13.2 Å². The van der Waals surface area contributed by atoms with Crippen LogP contribution in [0.25, 0.3) is 0 Å². The Morgan fingerprint density at radius 2 is 1.79 bits per heavy atom.